The molecule has 2 N–H and O–H groups in total. The minimum atomic E-state index is -3.53. The Bertz CT molecular complexity index is 690. The minimum Gasteiger partial charge on any atom is -0.478 e. The van der Waals surface area contributed by atoms with E-state index in [4.69, 9.17) is 5.11 Å². The van der Waals surface area contributed by atoms with Gasteiger partial charge in [0.2, 0.25) is 10.0 Å². The summed E-state index contributed by atoms with van der Waals surface area (Å²) in [6.45, 7) is 0.174. The number of benzene rings is 1. The van der Waals surface area contributed by atoms with Gasteiger partial charge in [0, 0.05) is 26.0 Å². The van der Waals surface area contributed by atoms with E-state index in [1.54, 1.807) is 18.3 Å². The topological polar surface area (TPSA) is 90.5 Å². The van der Waals surface area contributed by atoms with Crippen LogP contribution in [0.1, 0.15) is 15.9 Å². The van der Waals surface area contributed by atoms with E-state index in [9.17, 15) is 13.2 Å². The number of aromatic carboxylic acids is 1. The number of carbonyl (C=O) groups is 1. The summed E-state index contributed by atoms with van der Waals surface area (Å²) in [7, 11) is -2.05. The Labute approximate surface area is 116 Å². The fourth-order valence-electron chi connectivity index (χ4n) is 1.74. The molecule has 0 aliphatic heterocycles. The highest BCUT2D eigenvalue weighted by Gasteiger charge is 2.21. The predicted octanol–water partition coefficient (Wildman–Crippen LogP) is 1.53. The fraction of sp³-hybridized carbons (Fsp3) is 0.154. The number of carboxylic acid groups (broad SMARTS) is 1. The van der Waals surface area contributed by atoms with Crippen molar-refractivity contribution in [2.45, 2.75) is 11.4 Å². The molecule has 1 heterocycles. The Hall–Kier alpha value is -2.12. The van der Waals surface area contributed by atoms with Crippen molar-refractivity contribution in [1.29, 1.82) is 0 Å². The van der Waals surface area contributed by atoms with Crippen LogP contribution in [0.25, 0.3) is 0 Å². The monoisotopic (exact) mass is 294 g/mol. The third-order valence-corrected chi connectivity index (χ3v) is 4.68. The second-order valence-electron chi connectivity index (χ2n) is 4.31. The molecule has 2 aromatic rings. The molecule has 2 rings (SSSR count). The van der Waals surface area contributed by atoms with E-state index < -0.39 is 16.0 Å². The molecule has 0 atom stereocenters. The lowest BCUT2D eigenvalue weighted by atomic mass is 10.1. The first kappa shape index (κ1) is 14.3. The summed E-state index contributed by atoms with van der Waals surface area (Å²) in [5.74, 6) is -1.01. The van der Waals surface area contributed by atoms with E-state index in [-0.39, 0.29) is 17.0 Å². The molecule has 1 aromatic carbocycles. The first-order chi connectivity index (χ1) is 9.41. The average Bonchev–Trinajstić information content (AvgIpc) is 2.93. The van der Waals surface area contributed by atoms with E-state index in [0.29, 0.717) is 0 Å². The molecule has 0 aliphatic rings. The molecule has 0 unspecified atom stereocenters. The van der Waals surface area contributed by atoms with Crippen molar-refractivity contribution in [2.24, 2.45) is 0 Å². The third kappa shape index (κ3) is 2.89. The largest absolute Gasteiger partial charge is 0.478 e. The van der Waals surface area contributed by atoms with Gasteiger partial charge in [0.25, 0.3) is 0 Å². The molecule has 6 nitrogen and oxygen atoms in total. The summed E-state index contributed by atoms with van der Waals surface area (Å²) in [6, 6.07) is 7.60. The van der Waals surface area contributed by atoms with Gasteiger partial charge in [0.05, 0.1) is 10.5 Å². The SMILES string of the molecule is CN(Cc1ccc(C(=O)O)cc1)S(=O)(=O)c1cc[nH]c1. The number of H-pyrrole nitrogens is 1. The van der Waals surface area contributed by atoms with Crippen molar-refractivity contribution >= 4 is 16.0 Å². The molecule has 0 amide bonds. The zero-order chi connectivity index (χ0) is 14.8. The maximum atomic E-state index is 12.2. The molecular formula is C13H14N2O4S. The smallest absolute Gasteiger partial charge is 0.335 e. The van der Waals surface area contributed by atoms with Crippen molar-refractivity contribution in [3.63, 3.8) is 0 Å². The van der Waals surface area contributed by atoms with Crippen LogP contribution >= 0.6 is 0 Å². The van der Waals surface area contributed by atoms with Gasteiger partial charge in [0.1, 0.15) is 0 Å². The minimum absolute atomic E-state index is 0.171. The lowest BCUT2D eigenvalue weighted by molar-refractivity contribution is 0.0697. The van der Waals surface area contributed by atoms with Crippen LogP contribution in [0.2, 0.25) is 0 Å². The van der Waals surface area contributed by atoms with Crippen LogP contribution in [0.4, 0.5) is 0 Å². The Balaban J connectivity index is 2.16. The van der Waals surface area contributed by atoms with Gasteiger partial charge in [-0.3, -0.25) is 0 Å². The van der Waals surface area contributed by atoms with Crippen LogP contribution in [-0.4, -0.2) is 35.8 Å². The van der Waals surface area contributed by atoms with Gasteiger partial charge in [-0.2, -0.15) is 4.31 Å². The summed E-state index contributed by atoms with van der Waals surface area (Å²) in [6.07, 6.45) is 2.96. The van der Waals surface area contributed by atoms with Gasteiger partial charge in [-0.15, -0.1) is 0 Å². The van der Waals surface area contributed by atoms with E-state index in [0.717, 1.165) is 5.56 Å². The van der Waals surface area contributed by atoms with Crippen molar-refractivity contribution < 1.29 is 18.3 Å². The maximum Gasteiger partial charge on any atom is 0.335 e. The zero-order valence-electron chi connectivity index (χ0n) is 10.8. The van der Waals surface area contributed by atoms with E-state index >= 15 is 0 Å². The predicted molar refractivity (Wildman–Crippen MR) is 72.8 cm³/mol. The average molecular weight is 294 g/mol. The van der Waals surface area contributed by atoms with Gasteiger partial charge in [-0.1, -0.05) is 12.1 Å². The van der Waals surface area contributed by atoms with Gasteiger partial charge < -0.3 is 10.1 Å². The Kier molecular flexibility index (Phi) is 3.91. The van der Waals surface area contributed by atoms with Gasteiger partial charge in [-0.25, -0.2) is 13.2 Å². The molecule has 0 fully saturated rings. The summed E-state index contributed by atoms with van der Waals surface area (Å²) in [5.41, 5.74) is 0.890. The lowest BCUT2D eigenvalue weighted by Crippen LogP contribution is -2.26. The van der Waals surface area contributed by atoms with Crippen molar-refractivity contribution in [1.82, 2.24) is 9.29 Å². The maximum absolute atomic E-state index is 12.2. The number of carboxylic acids is 1. The quantitative estimate of drug-likeness (QED) is 0.875. The molecule has 0 saturated carbocycles. The van der Waals surface area contributed by atoms with Gasteiger partial charge in [0.15, 0.2) is 0 Å². The number of sulfonamides is 1. The van der Waals surface area contributed by atoms with Gasteiger partial charge >= 0.3 is 5.97 Å². The van der Waals surface area contributed by atoms with Crippen LogP contribution in [0.15, 0.2) is 47.6 Å². The van der Waals surface area contributed by atoms with Crippen LogP contribution in [0.3, 0.4) is 0 Å². The molecule has 0 spiro atoms. The molecule has 0 radical (unpaired) electrons. The first-order valence-corrected chi connectivity index (χ1v) is 7.26. The number of rotatable bonds is 5. The zero-order valence-corrected chi connectivity index (χ0v) is 11.6. The molecule has 0 saturated heterocycles. The number of hydrogen-bond acceptors (Lipinski definition) is 3. The second kappa shape index (κ2) is 5.48. The highest BCUT2D eigenvalue weighted by atomic mass is 32.2. The van der Waals surface area contributed by atoms with E-state index in [2.05, 4.69) is 4.98 Å². The van der Waals surface area contributed by atoms with Crippen molar-refractivity contribution in [2.75, 3.05) is 7.05 Å². The Morgan fingerprint density at radius 3 is 2.40 bits per heavy atom. The van der Waals surface area contributed by atoms with E-state index in [1.165, 1.54) is 35.7 Å². The standard InChI is InChI=1S/C13H14N2O4S/c1-15(20(18,19)12-6-7-14-8-12)9-10-2-4-11(5-3-10)13(16)17/h2-8,14H,9H2,1H3,(H,16,17). The normalized spacial score (nSPS) is 11.7. The second-order valence-corrected chi connectivity index (χ2v) is 6.35. The molecule has 1 aromatic heterocycles. The molecular weight excluding hydrogens is 280 g/mol. The van der Waals surface area contributed by atoms with Crippen molar-refractivity contribution in [3.05, 3.63) is 53.9 Å². The molecule has 106 valence electrons. The first-order valence-electron chi connectivity index (χ1n) is 5.82. The van der Waals surface area contributed by atoms with Crippen LogP contribution < -0.4 is 0 Å². The number of nitrogens with zero attached hydrogens (tertiary/aromatic N) is 1. The highest BCUT2D eigenvalue weighted by molar-refractivity contribution is 7.89. The van der Waals surface area contributed by atoms with E-state index in [1.807, 2.05) is 0 Å². The van der Waals surface area contributed by atoms with Crippen LogP contribution in [0.5, 0.6) is 0 Å². The third-order valence-electron chi connectivity index (χ3n) is 2.88. The molecule has 7 heteroatoms. The Morgan fingerprint density at radius 2 is 1.90 bits per heavy atom. The molecule has 0 aliphatic carbocycles. The Morgan fingerprint density at radius 1 is 1.25 bits per heavy atom. The number of nitrogens with one attached hydrogen (secondary N) is 1. The van der Waals surface area contributed by atoms with Gasteiger partial charge in [-0.05, 0) is 23.8 Å². The molecule has 20 heavy (non-hydrogen) atoms. The van der Waals surface area contributed by atoms with Crippen molar-refractivity contribution in [3.8, 4) is 0 Å². The summed E-state index contributed by atoms with van der Waals surface area (Å²) in [4.78, 5) is 13.6. The van der Waals surface area contributed by atoms with Crippen LogP contribution in [0, 0.1) is 0 Å². The number of hydrogen-bond donors (Lipinski definition) is 2. The summed E-state index contributed by atoms with van der Waals surface area (Å²) < 4.78 is 25.6. The number of aromatic amines is 1. The number of aromatic nitrogens is 1. The summed E-state index contributed by atoms with van der Waals surface area (Å²) >= 11 is 0. The molecule has 0 bridgehead atoms. The fourth-order valence-corrected chi connectivity index (χ4v) is 2.88. The lowest BCUT2D eigenvalue weighted by Gasteiger charge is -2.16. The summed E-state index contributed by atoms with van der Waals surface area (Å²) in [5, 5.41) is 8.80. The highest BCUT2D eigenvalue weighted by Crippen LogP contribution is 2.16. The van der Waals surface area contributed by atoms with Crippen LogP contribution in [-0.2, 0) is 16.6 Å².